The fourth-order valence-electron chi connectivity index (χ4n) is 3.71. The Hall–Kier alpha value is -4.46. The maximum absolute atomic E-state index is 13.2. The van der Waals surface area contributed by atoms with E-state index < -0.39 is 11.9 Å². The molecule has 8 heteroatoms. The Labute approximate surface area is 190 Å². The Morgan fingerprint density at radius 1 is 1.03 bits per heavy atom. The van der Waals surface area contributed by atoms with E-state index in [0.29, 0.717) is 10.9 Å². The van der Waals surface area contributed by atoms with Crippen LogP contribution >= 0.6 is 0 Å². The van der Waals surface area contributed by atoms with Crippen LogP contribution in [0, 0.1) is 5.41 Å². The highest BCUT2D eigenvalue weighted by molar-refractivity contribution is 6.13. The summed E-state index contributed by atoms with van der Waals surface area (Å²) in [4.78, 5) is 24.7. The van der Waals surface area contributed by atoms with Gasteiger partial charge in [0.2, 0.25) is 0 Å². The van der Waals surface area contributed by atoms with E-state index in [1.54, 1.807) is 28.9 Å². The second kappa shape index (κ2) is 8.58. The number of carboxylic acid groups (broad SMARTS) is 1. The van der Waals surface area contributed by atoms with Gasteiger partial charge in [-0.25, -0.2) is 4.79 Å². The molecule has 0 saturated heterocycles. The average molecular weight is 441 g/mol. The molecule has 0 bridgehead atoms. The number of anilines is 1. The Bertz CT molecular complexity index is 1400. The Kier molecular flexibility index (Phi) is 5.66. The van der Waals surface area contributed by atoms with Gasteiger partial charge in [-0.05, 0) is 55.3 Å². The molecule has 4 rings (SSSR count). The highest BCUT2D eigenvalue weighted by Gasteiger charge is 2.21. The molecule has 5 N–H and O–H groups in total. The van der Waals surface area contributed by atoms with E-state index in [2.05, 4.69) is 10.4 Å². The van der Waals surface area contributed by atoms with Gasteiger partial charge in [0.25, 0.3) is 5.91 Å². The first-order chi connectivity index (χ1) is 15.8. The number of nitrogens with two attached hydrogens (primary N) is 1. The quantitative estimate of drug-likeness (QED) is 0.258. The zero-order chi connectivity index (χ0) is 23.7. The third-order valence-corrected chi connectivity index (χ3v) is 5.32. The van der Waals surface area contributed by atoms with Gasteiger partial charge in [0, 0.05) is 17.0 Å². The number of nitrogens with zero attached hydrogens (tertiary/aromatic N) is 2. The monoisotopic (exact) mass is 441 g/mol. The summed E-state index contributed by atoms with van der Waals surface area (Å²) in [6.45, 7) is 3.94. The molecule has 0 aliphatic carbocycles. The number of para-hydroxylation sites is 1. The number of fused-ring (bicyclic) bond motifs is 1. The predicted octanol–water partition coefficient (Wildman–Crippen LogP) is 4.52. The molecule has 0 saturated carbocycles. The number of amides is 1. The number of carbonyl (C=O) groups excluding carboxylic acids is 1. The zero-order valence-corrected chi connectivity index (χ0v) is 18.2. The Balaban J connectivity index is 1.82. The van der Waals surface area contributed by atoms with Gasteiger partial charge in [0.1, 0.15) is 5.84 Å². The SMILES string of the molecule is CC(C)n1nc(C(=O)Nc2ccccc2C(=O)O)c2cc(-c3cccc(C(=N)N)c3)ccc21. The molecule has 166 valence electrons. The van der Waals surface area contributed by atoms with Crippen molar-refractivity contribution >= 4 is 34.3 Å². The van der Waals surface area contributed by atoms with Crippen LogP contribution in [0.3, 0.4) is 0 Å². The van der Waals surface area contributed by atoms with Gasteiger partial charge in [0.15, 0.2) is 5.69 Å². The minimum Gasteiger partial charge on any atom is -0.478 e. The standard InChI is InChI=1S/C25H23N5O3/c1-14(2)30-21-11-10-16(15-6-5-7-17(12-15)23(26)27)13-19(21)22(29-30)24(31)28-20-9-4-3-8-18(20)25(32)33/h3-14H,1-2H3,(H3,26,27)(H,28,31)(H,32,33). The molecule has 1 amide bonds. The summed E-state index contributed by atoms with van der Waals surface area (Å²) in [6, 6.07) is 19.3. The fourth-order valence-corrected chi connectivity index (χ4v) is 3.71. The van der Waals surface area contributed by atoms with E-state index in [0.717, 1.165) is 16.6 Å². The number of amidine groups is 1. The van der Waals surface area contributed by atoms with Gasteiger partial charge in [0.05, 0.1) is 16.8 Å². The van der Waals surface area contributed by atoms with Crippen molar-refractivity contribution in [2.24, 2.45) is 5.73 Å². The van der Waals surface area contributed by atoms with Crippen molar-refractivity contribution in [1.29, 1.82) is 5.41 Å². The van der Waals surface area contributed by atoms with Crippen LogP contribution in [-0.4, -0.2) is 32.6 Å². The lowest BCUT2D eigenvalue weighted by Crippen LogP contribution is -2.16. The number of hydrogen-bond acceptors (Lipinski definition) is 4. The van der Waals surface area contributed by atoms with Crippen molar-refractivity contribution in [1.82, 2.24) is 9.78 Å². The van der Waals surface area contributed by atoms with Gasteiger partial charge < -0.3 is 16.2 Å². The smallest absolute Gasteiger partial charge is 0.337 e. The first-order valence-electron chi connectivity index (χ1n) is 10.4. The van der Waals surface area contributed by atoms with Gasteiger partial charge in [-0.2, -0.15) is 5.10 Å². The molecule has 1 heterocycles. The van der Waals surface area contributed by atoms with Crippen LogP contribution in [0.5, 0.6) is 0 Å². The number of nitrogens with one attached hydrogen (secondary N) is 2. The summed E-state index contributed by atoms with van der Waals surface area (Å²) in [5.74, 6) is -1.65. The summed E-state index contributed by atoms with van der Waals surface area (Å²) < 4.78 is 1.77. The van der Waals surface area contributed by atoms with E-state index in [9.17, 15) is 14.7 Å². The van der Waals surface area contributed by atoms with E-state index in [4.69, 9.17) is 11.1 Å². The molecule has 0 radical (unpaired) electrons. The van der Waals surface area contributed by atoms with Crippen molar-refractivity contribution in [3.05, 3.63) is 83.6 Å². The summed E-state index contributed by atoms with van der Waals surface area (Å²) >= 11 is 0. The number of carboxylic acids is 1. The Morgan fingerprint density at radius 2 is 1.76 bits per heavy atom. The first kappa shape index (κ1) is 21.8. The third kappa shape index (κ3) is 4.18. The number of nitrogen functional groups attached to an aromatic ring is 1. The number of aromatic nitrogens is 2. The van der Waals surface area contributed by atoms with Crippen LogP contribution in [0.25, 0.3) is 22.0 Å². The van der Waals surface area contributed by atoms with E-state index in [-0.39, 0.29) is 28.8 Å². The molecule has 0 atom stereocenters. The second-order valence-electron chi connectivity index (χ2n) is 7.92. The molecule has 0 aliphatic heterocycles. The molecule has 0 aliphatic rings. The predicted molar refractivity (Wildman–Crippen MR) is 128 cm³/mol. The highest BCUT2D eigenvalue weighted by Crippen LogP contribution is 2.29. The number of carbonyl (C=O) groups is 2. The molecule has 8 nitrogen and oxygen atoms in total. The number of hydrogen-bond donors (Lipinski definition) is 4. The van der Waals surface area contributed by atoms with E-state index >= 15 is 0 Å². The van der Waals surface area contributed by atoms with Crippen LogP contribution in [-0.2, 0) is 0 Å². The van der Waals surface area contributed by atoms with Crippen LogP contribution in [0.1, 0.15) is 46.3 Å². The van der Waals surface area contributed by atoms with E-state index in [1.165, 1.54) is 6.07 Å². The lowest BCUT2D eigenvalue weighted by molar-refractivity contribution is 0.0698. The molecular formula is C25H23N5O3. The highest BCUT2D eigenvalue weighted by atomic mass is 16.4. The average Bonchev–Trinajstić information content (AvgIpc) is 3.18. The van der Waals surface area contributed by atoms with Gasteiger partial charge in [-0.3, -0.25) is 14.9 Å². The molecule has 0 unspecified atom stereocenters. The maximum atomic E-state index is 13.2. The Morgan fingerprint density at radius 3 is 2.45 bits per heavy atom. The van der Waals surface area contributed by atoms with Gasteiger partial charge >= 0.3 is 5.97 Å². The maximum Gasteiger partial charge on any atom is 0.337 e. The zero-order valence-electron chi connectivity index (χ0n) is 18.2. The summed E-state index contributed by atoms with van der Waals surface area (Å²) in [5.41, 5.74) is 9.12. The molecule has 0 fully saturated rings. The van der Waals surface area contributed by atoms with Crippen LogP contribution in [0.15, 0.2) is 66.7 Å². The minimum absolute atomic E-state index is 0.000171. The van der Waals surface area contributed by atoms with Crippen molar-refractivity contribution < 1.29 is 14.7 Å². The molecule has 33 heavy (non-hydrogen) atoms. The number of aromatic carboxylic acids is 1. The first-order valence-corrected chi connectivity index (χ1v) is 10.4. The largest absolute Gasteiger partial charge is 0.478 e. The van der Waals surface area contributed by atoms with Crippen LogP contribution in [0.4, 0.5) is 5.69 Å². The molecule has 0 spiro atoms. The van der Waals surface area contributed by atoms with Crippen molar-refractivity contribution in [2.75, 3.05) is 5.32 Å². The lowest BCUT2D eigenvalue weighted by Gasteiger charge is -2.08. The topological polar surface area (TPSA) is 134 Å². The summed E-state index contributed by atoms with van der Waals surface area (Å²) in [6.07, 6.45) is 0. The lowest BCUT2D eigenvalue weighted by atomic mass is 10.0. The van der Waals surface area contributed by atoms with E-state index in [1.807, 2.05) is 50.2 Å². The van der Waals surface area contributed by atoms with Crippen molar-refractivity contribution in [2.45, 2.75) is 19.9 Å². The fraction of sp³-hybridized carbons (Fsp3) is 0.120. The van der Waals surface area contributed by atoms with Crippen LogP contribution in [0.2, 0.25) is 0 Å². The minimum atomic E-state index is -1.13. The number of benzene rings is 3. The number of rotatable bonds is 6. The second-order valence-corrected chi connectivity index (χ2v) is 7.92. The molecule has 1 aromatic heterocycles. The van der Waals surface area contributed by atoms with Crippen molar-refractivity contribution in [3.63, 3.8) is 0 Å². The van der Waals surface area contributed by atoms with Crippen molar-refractivity contribution in [3.8, 4) is 11.1 Å². The van der Waals surface area contributed by atoms with Gasteiger partial charge in [-0.1, -0.05) is 36.4 Å². The van der Waals surface area contributed by atoms with Gasteiger partial charge in [-0.15, -0.1) is 0 Å². The molecule has 4 aromatic rings. The summed E-state index contributed by atoms with van der Waals surface area (Å²) in [5, 5.41) is 25.0. The van der Waals surface area contributed by atoms with Crippen LogP contribution < -0.4 is 11.1 Å². The molecular weight excluding hydrogens is 418 g/mol. The molecule has 3 aromatic carbocycles. The normalized spacial score (nSPS) is 11.0. The summed E-state index contributed by atoms with van der Waals surface area (Å²) in [7, 11) is 0. The third-order valence-electron chi connectivity index (χ3n) is 5.32.